The molecule has 1 aromatic rings. The number of aliphatic imine (C=N–C) groups is 1. The molecule has 1 aromatic carbocycles. The molecule has 0 aliphatic heterocycles. The van der Waals surface area contributed by atoms with Crippen molar-refractivity contribution in [2.45, 2.75) is 57.3 Å². The molecule has 0 saturated heterocycles. The zero-order valence-corrected chi connectivity index (χ0v) is 14.9. The molecule has 0 atom stereocenters. The van der Waals surface area contributed by atoms with Gasteiger partial charge < -0.3 is 0 Å². The summed E-state index contributed by atoms with van der Waals surface area (Å²) < 4.78 is 52.6. The fourth-order valence-corrected chi connectivity index (χ4v) is 4.86. The van der Waals surface area contributed by atoms with E-state index in [9.17, 15) is 17.6 Å². The maximum atomic E-state index is 13.9. The summed E-state index contributed by atoms with van der Waals surface area (Å²) in [6.07, 6.45) is 7.16. The molecule has 0 N–H and O–H groups in total. The molecule has 5 heteroatoms. The standard InChI is InChI=1S/C21H25F4N/c1-26-21-18(22)11-17(12-19(21)23)16-8-6-15(7-9-16)14-4-2-13(3-5-14)10-20(24)25/h10-16H,1-9H2. The van der Waals surface area contributed by atoms with Gasteiger partial charge >= 0.3 is 0 Å². The predicted molar refractivity (Wildman–Crippen MR) is 96.0 cm³/mol. The summed E-state index contributed by atoms with van der Waals surface area (Å²) in [6, 6.07) is 2.78. The van der Waals surface area contributed by atoms with Crippen molar-refractivity contribution in [2.24, 2.45) is 22.7 Å². The molecule has 0 amide bonds. The van der Waals surface area contributed by atoms with Gasteiger partial charge in [0, 0.05) is 0 Å². The highest BCUT2D eigenvalue weighted by Gasteiger charge is 2.31. The van der Waals surface area contributed by atoms with Crippen LogP contribution in [0.4, 0.5) is 23.2 Å². The van der Waals surface area contributed by atoms with Gasteiger partial charge in [0.15, 0.2) is 11.6 Å². The minimum absolute atomic E-state index is 0.0236. The van der Waals surface area contributed by atoms with E-state index in [0.717, 1.165) is 57.4 Å². The van der Waals surface area contributed by atoms with Crippen molar-refractivity contribution in [1.82, 2.24) is 0 Å². The SMILES string of the molecule is C=Nc1c(F)cc(C2CCC(C3CCC(C=C(F)F)CC3)CC2)cc1F. The van der Waals surface area contributed by atoms with Gasteiger partial charge in [-0.05, 0) is 106 Å². The average Bonchev–Trinajstić information content (AvgIpc) is 2.62. The molecule has 0 heterocycles. The van der Waals surface area contributed by atoms with Gasteiger partial charge in [0.25, 0.3) is 6.08 Å². The predicted octanol–water partition coefficient (Wildman–Crippen LogP) is 7.16. The van der Waals surface area contributed by atoms with Crippen molar-refractivity contribution >= 4 is 12.4 Å². The van der Waals surface area contributed by atoms with Crippen molar-refractivity contribution in [3.05, 3.63) is 41.5 Å². The van der Waals surface area contributed by atoms with E-state index in [4.69, 9.17) is 0 Å². The van der Waals surface area contributed by atoms with Gasteiger partial charge in [0.05, 0.1) is 0 Å². The largest absolute Gasteiger partial charge is 0.266 e. The first-order valence-electron chi connectivity index (χ1n) is 9.46. The van der Waals surface area contributed by atoms with E-state index in [1.54, 1.807) is 0 Å². The van der Waals surface area contributed by atoms with Crippen LogP contribution in [0.2, 0.25) is 0 Å². The summed E-state index contributed by atoms with van der Waals surface area (Å²) in [5.41, 5.74) is 0.399. The lowest BCUT2D eigenvalue weighted by Gasteiger charge is -2.37. The quantitative estimate of drug-likeness (QED) is 0.395. The first-order valence-corrected chi connectivity index (χ1v) is 9.46. The monoisotopic (exact) mass is 367 g/mol. The van der Waals surface area contributed by atoms with Crippen molar-refractivity contribution in [3.63, 3.8) is 0 Å². The van der Waals surface area contributed by atoms with Crippen LogP contribution in [0, 0.1) is 29.4 Å². The molecule has 2 fully saturated rings. The van der Waals surface area contributed by atoms with Crippen molar-refractivity contribution in [1.29, 1.82) is 0 Å². The molecule has 2 aliphatic rings. The summed E-state index contributed by atoms with van der Waals surface area (Å²) in [6.45, 7) is 3.20. The molecule has 1 nitrogen and oxygen atoms in total. The van der Waals surface area contributed by atoms with Gasteiger partial charge in [-0.3, -0.25) is 4.99 Å². The first-order chi connectivity index (χ1) is 12.5. The Morgan fingerprint density at radius 1 is 0.885 bits per heavy atom. The Labute approximate surface area is 152 Å². The van der Waals surface area contributed by atoms with Crippen LogP contribution in [0.3, 0.4) is 0 Å². The van der Waals surface area contributed by atoms with Crippen LogP contribution in [-0.2, 0) is 0 Å². The lowest BCUT2D eigenvalue weighted by molar-refractivity contribution is 0.170. The van der Waals surface area contributed by atoms with Crippen LogP contribution in [0.15, 0.2) is 29.3 Å². The van der Waals surface area contributed by atoms with Gasteiger partial charge in [-0.15, -0.1) is 0 Å². The van der Waals surface area contributed by atoms with Gasteiger partial charge in [-0.1, -0.05) is 0 Å². The molecule has 26 heavy (non-hydrogen) atoms. The van der Waals surface area contributed by atoms with E-state index in [0.29, 0.717) is 17.4 Å². The number of allylic oxidation sites excluding steroid dienone is 1. The van der Waals surface area contributed by atoms with Crippen LogP contribution in [-0.4, -0.2) is 6.72 Å². The van der Waals surface area contributed by atoms with E-state index in [-0.39, 0.29) is 17.5 Å². The Kier molecular flexibility index (Phi) is 6.15. The van der Waals surface area contributed by atoms with Crippen LogP contribution in [0.1, 0.15) is 62.8 Å². The lowest BCUT2D eigenvalue weighted by Crippen LogP contribution is -2.25. The fourth-order valence-electron chi connectivity index (χ4n) is 4.86. The molecule has 0 unspecified atom stereocenters. The van der Waals surface area contributed by atoms with Gasteiger partial charge in [0.1, 0.15) is 5.69 Å². The molecule has 0 bridgehead atoms. The number of hydrogen-bond acceptors (Lipinski definition) is 1. The maximum Gasteiger partial charge on any atom is 0.266 e. The second kappa shape index (κ2) is 8.36. The van der Waals surface area contributed by atoms with E-state index in [2.05, 4.69) is 11.7 Å². The molecular weight excluding hydrogens is 342 g/mol. The minimum Gasteiger partial charge on any atom is -0.258 e. The molecular formula is C21H25F4N. The summed E-state index contributed by atoms with van der Waals surface area (Å²) in [5, 5.41) is 0. The lowest BCUT2D eigenvalue weighted by atomic mass is 9.68. The Morgan fingerprint density at radius 2 is 1.38 bits per heavy atom. The Morgan fingerprint density at radius 3 is 1.85 bits per heavy atom. The summed E-state index contributed by atoms with van der Waals surface area (Å²) in [5.74, 6) is 0.107. The highest BCUT2D eigenvalue weighted by molar-refractivity contribution is 5.49. The third kappa shape index (κ3) is 4.36. The van der Waals surface area contributed by atoms with E-state index in [1.165, 1.54) is 12.1 Å². The highest BCUT2D eigenvalue weighted by Crippen LogP contribution is 2.44. The van der Waals surface area contributed by atoms with Crippen LogP contribution >= 0.6 is 0 Å². The first kappa shape index (κ1) is 19.1. The smallest absolute Gasteiger partial charge is 0.258 e. The molecule has 0 radical (unpaired) electrons. The number of hydrogen-bond donors (Lipinski definition) is 0. The Balaban J connectivity index is 1.55. The fraction of sp³-hybridized carbons (Fsp3) is 0.571. The number of rotatable bonds is 4. The molecule has 3 rings (SSSR count). The third-order valence-electron chi connectivity index (χ3n) is 6.29. The van der Waals surface area contributed by atoms with E-state index in [1.807, 2.05) is 0 Å². The Bertz CT molecular complexity index is 642. The third-order valence-corrected chi connectivity index (χ3v) is 6.29. The van der Waals surface area contributed by atoms with Crippen LogP contribution in [0.25, 0.3) is 0 Å². The summed E-state index contributed by atoms with van der Waals surface area (Å²) in [7, 11) is 0. The van der Waals surface area contributed by atoms with Crippen molar-refractivity contribution in [3.8, 4) is 0 Å². The summed E-state index contributed by atoms with van der Waals surface area (Å²) >= 11 is 0. The molecule has 0 aromatic heterocycles. The van der Waals surface area contributed by atoms with Crippen LogP contribution in [0.5, 0.6) is 0 Å². The second-order valence-electron chi connectivity index (χ2n) is 7.73. The summed E-state index contributed by atoms with van der Waals surface area (Å²) in [4.78, 5) is 3.40. The molecule has 142 valence electrons. The topological polar surface area (TPSA) is 12.4 Å². The van der Waals surface area contributed by atoms with Crippen molar-refractivity contribution in [2.75, 3.05) is 0 Å². The number of halogens is 4. The highest BCUT2D eigenvalue weighted by atomic mass is 19.3. The van der Waals surface area contributed by atoms with Gasteiger partial charge in [-0.2, -0.15) is 8.78 Å². The molecule has 0 spiro atoms. The van der Waals surface area contributed by atoms with Crippen LogP contribution < -0.4 is 0 Å². The maximum absolute atomic E-state index is 13.9. The zero-order valence-electron chi connectivity index (χ0n) is 14.9. The Hall–Kier alpha value is -1.65. The molecule has 2 aliphatic carbocycles. The van der Waals surface area contributed by atoms with Crippen molar-refractivity contribution < 1.29 is 17.6 Å². The average molecular weight is 367 g/mol. The number of benzene rings is 1. The zero-order chi connectivity index (χ0) is 18.7. The van der Waals surface area contributed by atoms with E-state index < -0.39 is 17.7 Å². The second-order valence-corrected chi connectivity index (χ2v) is 7.73. The van der Waals surface area contributed by atoms with Gasteiger partial charge in [0.2, 0.25) is 0 Å². The van der Waals surface area contributed by atoms with E-state index >= 15 is 0 Å². The van der Waals surface area contributed by atoms with Gasteiger partial charge in [-0.25, -0.2) is 8.78 Å². The minimum atomic E-state index is -1.56. The normalized spacial score (nSPS) is 29.2. The molecule has 2 saturated carbocycles. The number of nitrogens with zero attached hydrogens (tertiary/aromatic N) is 1.